The highest BCUT2D eigenvalue weighted by Gasteiger charge is 2.36. The van der Waals surface area contributed by atoms with E-state index in [-0.39, 0.29) is 5.41 Å². The molecular formula is C47H31N3. The Bertz CT molecular complexity index is 3060. The van der Waals surface area contributed by atoms with Gasteiger partial charge in [0, 0.05) is 32.5 Å². The monoisotopic (exact) mass is 637 g/mol. The largest absolute Gasteiger partial charge is 0.278 e. The van der Waals surface area contributed by atoms with Crippen LogP contribution in [0.1, 0.15) is 25.0 Å². The zero-order chi connectivity index (χ0) is 33.1. The van der Waals surface area contributed by atoms with Gasteiger partial charge in [-0.2, -0.15) is 0 Å². The van der Waals surface area contributed by atoms with Crippen molar-refractivity contribution in [2.45, 2.75) is 19.3 Å². The van der Waals surface area contributed by atoms with E-state index < -0.39 is 0 Å². The molecule has 0 unspecified atom stereocenters. The molecule has 10 aromatic rings. The summed E-state index contributed by atoms with van der Waals surface area (Å²) in [6, 6.07) is 55.0. The summed E-state index contributed by atoms with van der Waals surface area (Å²) in [6.07, 6.45) is 0. The molecule has 234 valence electrons. The molecular weight excluding hydrogens is 607 g/mol. The van der Waals surface area contributed by atoms with Crippen LogP contribution in [-0.4, -0.2) is 14.5 Å². The van der Waals surface area contributed by atoms with Crippen molar-refractivity contribution in [1.82, 2.24) is 14.5 Å². The summed E-state index contributed by atoms with van der Waals surface area (Å²) >= 11 is 0. The number of hydrogen-bond donors (Lipinski definition) is 0. The van der Waals surface area contributed by atoms with E-state index in [0.29, 0.717) is 5.95 Å². The van der Waals surface area contributed by atoms with Gasteiger partial charge < -0.3 is 0 Å². The zero-order valence-electron chi connectivity index (χ0n) is 27.8. The molecule has 0 N–H and O–H groups in total. The summed E-state index contributed by atoms with van der Waals surface area (Å²) in [7, 11) is 0. The predicted octanol–water partition coefficient (Wildman–Crippen LogP) is 12.2. The first-order chi connectivity index (χ1) is 24.6. The fraction of sp³-hybridized carbons (Fsp3) is 0.0638. The molecule has 3 heteroatoms. The average Bonchev–Trinajstić information content (AvgIpc) is 3.62. The molecule has 2 heterocycles. The third-order valence-electron chi connectivity index (χ3n) is 11.2. The van der Waals surface area contributed by atoms with E-state index in [2.05, 4.69) is 170 Å². The highest BCUT2D eigenvalue weighted by atomic mass is 15.2. The van der Waals surface area contributed by atoms with Gasteiger partial charge in [0.25, 0.3) is 0 Å². The normalized spacial score (nSPS) is 13.6. The Morgan fingerprint density at radius 3 is 1.96 bits per heavy atom. The van der Waals surface area contributed by atoms with Crippen LogP contribution in [0.4, 0.5) is 0 Å². The van der Waals surface area contributed by atoms with Crippen molar-refractivity contribution in [3.05, 3.63) is 163 Å². The molecule has 0 saturated carbocycles. The zero-order valence-corrected chi connectivity index (χ0v) is 27.8. The molecule has 0 aliphatic heterocycles. The number of para-hydroxylation sites is 1. The molecule has 0 saturated heterocycles. The maximum absolute atomic E-state index is 5.55. The first-order valence-corrected chi connectivity index (χ1v) is 17.4. The highest BCUT2D eigenvalue weighted by Crippen LogP contribution is 2.52. The van der Waals surface area contributed by atoms with Crippen molar-refractivity contribution in [3.8, 4) is 28.3 Å². The maximum Gasteiger partial charge on any atom is 0.235 e. The van der Waals surface area contributed by atoms with Crippen molar-refractivity contribution in [2.24, 2.45) is 0 Å². The van der Waals surface area contributed by atoms with E-state index in [1.807, 2.05) is 0 Å². The van der Waals surface area contributed by atoms with Crippen LogP contribution < -0.4 is 0 Å². The Labute approximate surface area is 289 Å². The van der Waals surface area contributed by atoms with Crippen LogP contribution in [0.15, 0.2) is 152 Å². The van der Waals surface area contributed by atoms with Crippen molar-refractivity contribution >= 4 is 65.0 Å². The Morgan fingerprint density at radius 1 is 0.480 bits per heavy atom. The molecule has 11 rings (SSSR count). The van der Waals surface area contributed by atoms with Gasteiger partial charge in [0.1, 0.15) is 0 Å². The Hall–Kier alpha value is -6.32. The average molecular weight is 638 g/mol. The lowest BCUT2D eigenvalue weighted by atomic mass is 9.82. The van der Waals surface area contributed by atoms with Crippen LogP contribution in [0.3, 0.4) is 0 Å². The SMILES string of the molecule is CC1(C)c2ccccc2-c2c1ccc1cc3c4ccccc4n(-c4nc(-c5ccccc5)c5c6ccccc6c6ccccc6c5n4)c3cc21. The minimum atomic E-state index is -0.0718. The van der Waals surface area contributed by atoms with Gasteiger partial charge in [0.2, 0.25) is 5.95 Å². The lowest BCUT2D eigenvalue weighted by molar-refractivity contribution is 0.661. The molecule has 0 amide bonds. The molecule has 2 aromatic heterocycles. The fourth-order valence-electron chi connectivity index (χ4n) is 8.87. The van der Waals surface area contributed by atoms with E-state index in [9.17, 15) is 0 Å². The molecule has 0 bridgehead atoms. The molecule has 0 radical (unpaired) electrons. The van der Waals surface area contributed by atoms with Gasteiger partial charge in [0.15, 0.2) is 0 Å². The minimum Gasteiger partial charge on any atom is -0.278 e. The topological polar surface area (TPSA) is 30.7 Å². The van der Waals surface area contributed by atoms with Gasteiger partial charge in [-0.05, 0) is 67.4 Å². The lowest BCUT2D eigenvalue weighted by Crippen LogP contribution is -2.14. The van der Waals surface area contributed by atoms with Crippen LogP contribution in [-0.2, 0) is 5.41 Å². The number of aromatic nitrogens is 3. The van der Waals surface area contributed by atoms with E-state index in [1.54, 1.807) is 0 Å². The third-order valence-corrected chi connectivity index (χ3v) is 11.2. The summed E-state index contributed by atoms with van der Waals surface area (Å²) in [5.41, 5.74) is 10.5. The van der Waals surface area contributed by atoms with Crippen LogP contribution in [0.5, 0.6) is 0 Å². The third kappa shape index (κ3) is 3.59. The van der Waals surface area contributed by atoms with Crippen LogP contribution in [0, 0.1) is 0 Å². The van der Waals surface area contributed by atoms with Crippen LogP contribution in [0.25, 0.3) is 93.4 Å². The fourth-order valence-corrected chi connectivity index (χ4v) is 8.87. The molecule has 8 aromatic carbocycles. The van der Waals surface area contributed by atoms with Crippen molar-refractivity contribution in [3.63, 3.8) is 0 Å². The van der Waals surface area contributed by atoms with Gasteiger partial charge in [0.05, 0.1) is 22.2 Å². The number of benzene rings is 8. The summed E-state index contributed by atoms with van der Waals surface area (Å²) in [5.74, 6) is 0.677. The van der Waals surface area contributed by atoms with E-state index in [0.717, 1.165) is 44.0 Å². The standard InChI is InChI=1S/C47H31N3/c1-47(2)38-22-12-10-21-35(38)42-36-27-41-37(26-29(36)24-25-39(42)47)32-18-11-13-23-40(32)50(41)46-48-44(28-14-4-3-5-15-28)43-33-19-8-6-16-30(33)31-17-7-9-20-34(31)45(43)49-46/h3-27H,1-2H3. The summed E-state index contributed by atoms with van der Waals surface area (Å²) in [5, 5.41) is 10.7. The number of fused-ring (bicyclic) bond motifs is 14. The number of hydrogen-bond acceptors (Lipinski definition) is 2. The quantitative estimate of drug-likeness (QED) is 0.177. The molecule has 1 aliphatic carbocycles. The van der Waals surface area contributed by atoms with Crippen LogP contribution >= 0.6 is 0 Å². The van der Waals surface area contributed by atoms with Crippen LogP contribution in [0.2, 0.25) is 0 Å². The summed E-state index contributed by atoms with van der Waals surface area (Å²) < 4.78 is 2.30. The molecule has 0 spiro atoms. The number of nitrogens with zero attached hydrogens (tertiary/aromatic N) is 3. The first-order valence-electron chi connectivity index (χ1n) is 17.4. The van der Waals surface area contributed by atoms with E-state index >= 15 is 0 Å². The predicted molar refractivity (Wildman–Crippen MR) is 209 cm³/mol. The smallest absolute Gasteiger partial charge is 0.235 e. The van der Waals surface area contributed by atoms with Gasteiger partial charge in [-0.25, -0.2) is 9.97 Å². The van der Waals surface area contributed by atoms with Crippen molar-refractivity contribution in [1.29, 1.82) is 0 Å². The van der Waals surface area contributed by atoms with Gasteiger partial charge >= 0.3 is 0 Å². The highest BCUT2D eigenvalue weighted by molar-refractivity contribution is 6.27. The minimum absolute atomic E-state index is 0.0718. The second kappa shape index (κ2) is 9.87. The lowest BCUT2D eigenvalue weighted by Gasteiger charge is -2.21. The summed E-state index contributed by atoms with van der Waals surface area (Å²) in [6.45, 7) is 4.70. The Balaban J connectivity index is 1.32. The maximum atomic E-state index is 5.55. The van der Waals surface area contributed by atoms with Gasteiger partial charge in [-0.3, -0.25) is 4.57 Å². The Kier molecular flexibility index (Phi) is 5.45. The van der Waals surface area contributed by atoms with Crippen molar-refractivity contribution < 1.29 is 0 Å². The van der Waals surface area contributed by atoms with Gasteiger partial charge in [-0.15, -0.1) is 0 Å². The van der Waals surface area contributed by atoms with E-state index in [4.69, 9.17) is 9.97 Å². The van der Waals surface area contributed by atoms with E-state index in [1.165, 1.54) is 54.6 Å². The molecule has 0 atom stereocenters. The first kappa shape index (κ1) is 27.6. The van der Waals surface area contributed by atoms with Crippen molar-refractivity contribution in [2.75, 3.05) is 0 Å². The molecule has 0 fully saturated rings. The molecule has 1 aliphatic rings. The number of rotatable bonds is 2. The second-order valence-electron chi connectivity index (χ2n) is 14.2. The molecule has 50 heavy (non-hydrogen) atoms. The summed E-state index contributed by atoms with van der Waals surface area (Å²) in [4.78, 5) is 11.1. The Morgan fingerprint density at radius 2 is 1.14 bits per heavy atom. The van der Waals surface area contributed by atoms with Gasteiger partial charge in [-0.1, -0.05) is 147 Å². The molecule has 3 nitrogen and oxygen atoms in total. The second-order valence-corrected chi connectivity index (χ2v) is 14.2.